The highest BCUT2D eigenvalue weighted by Crippen LogP contribution is 2.40. The van der Waals surface area contributed by atoms with Crippen molar-refractivity contribution in [1.82, 2.24) is 0 Å². The molecule has 0 bridgehead atoms. The van der Waals surface area contributed by atoms with E-state index in [9.17, 15) is 24.3 Å². The first-order valence-electron chi connectivity index (χ1n) is 9.31. The largest absolute Gasteiger partial charge is 0.374 e. The summed E-state index contributed by atoms with van der Waals surface area (Å²) >= 11 is 0. The van der Waals surface area contributed by atoms with Crippen molar-refractivity contribution < 1.29 is 24.3 Å². The second-order valence-electron chi connectivity index (χ2n) is 8.40. The highest BCUT2D eigenvalue weighted by molar-refractivity contribution is 6.33. The van der Waals surface area contributed by atoms with Crippen LogP contribution in [0.1, 0.15) is 67.2 Å². The molecule has 1 aliphatic rings. The van der Waals surface area contributed by atoms with Gasteiger partial charge in [-0.15, -0.1) is 0 Å². The summed E-state index contributed by atoms with van der Waals surface area (Å²) in [5, 5.41) is 11.0. The van der Waals surface area contributed by atoms with Crippen molar-refractivity contribution in [1.29, 1.82) is 0 Å². The quantitative estimate of drug-likeness (QED) is 0.645. The van der Waals surface area contributed by atoms with Crippen LogP contribution < -0.4 is 0 Å². The molecule has 1 saturated carbocycles. The van der Waals surface area contributed by atoms with Gasteiger partial charge in [0.2, 0.25) is 0 Å². The molecule has 3 atom stereocenters. The maximum absolute atomic E-state index is 12.8. The zero-order valence-corrected chi connectivity index (χ0v) is 16.3. The fourth-order valence-corrected chi connectivity index (χ4v) is 3.32. The SMILES string of the molecule is CC(C)CCC(=O)C1(O)C(=O)C(C(=O)C(C)C)C(=O)[C@H]1CCC(C)C. The number of rotatable bonds is 9. The molecule has 0 saturated heterocycles. The second kappa shape index (κ2) is 8.35. The van der Waals surface area contributed by atoms with Gasteiger partial charge in [-0.1, -0.05) is 48.0 Å². The molecule has 1 aliphatic carbocycles. The van der Waals surface area contributed by atoms with Crippen LogP contribution >= 0.6 is 0 Å². The van der Waals surface area contributed by atoms with Gasteiger partial charge >= 0.3 is 0 Å². The lowest BCUT2D eigenvalue weighted by atomic mass is 9.79. The van der Waals surface area contributed by atoms with Crippen LogP contribution in [0.3, 0.4) is 0 Å². The van der Waals surface area contributed by atoms with Crippen LogP contribution in [0.4, 0.5) is 0 Å². The Morgan fingerprint density at radius 2 is 1.52 bits per heavy atom. The summed E-state index contributed by atoms with van der Waals surface area (Å²) in [6, 6.07) is 0. The van der Waals surface area contributed by atoms with Gasteiger partial charge in [0, 0.05) is 12.3 Å². The van der Waals surface area contributed by atoms with Gasteiger partial charge in [0.05, 0.1) is 5.92 Å². The molecule has 0 aromatic rings. The van der Waals surface area contributed by atoms with Gasteiger partial charge in [0.25, 0.3) is 0 Å². The van der Waals surface area contributed by atoms with Crippen LogP contribution in [0.5, 0.6) is 0 Å². The summed E-state index contributed by atoms with van der Waals surface area (Å²) in [4.78, 5) is 50.6. The van der Waals surface area contributed by atoms with Gasteiger partial charge in [-0.2, -0.15) is 0 Å². The van der Waals surface area contributed by atoms with Crippen LogP contribution in [0.25, 0.3) is 0 Å². The fraction of sp³-hybridized carbons (Fsp3) is 0.800. The van der Waals surface area contributed by atoms with Crippen molar-refractivity contribution in [2.75, 3.05) is 0 Å². The molecule has 5 nitrogen and oxygen atoms in total. The molecule has 0 spiro atoms. The number of ketones is 4. The number of Topliss-reactive ketones (excluding diaryl/α,β-unsaturated/α-hetero) is 4. The van der Waals surface area contributed by atoms with E-state index in [1.807, 2.05) is 27.7 Å². The minimum atomic E-state index is -2.34. The Bertz CT molecular complexity index is 546. The Balaban J connectivity index is 3.22. The Hall–Kier alpha value is -1.36. The van der Waals surface area contributed by atoms with Gasteiger partial charge in [-0.25, -0.2) is 0 Å². The van der Waals surface area contributed by atoms with Crippen LogP contribution in [0.15, 0.2) is 0 Å². The molecule has 0 radical (unpaired) electrons. The van der Waals surface area contributed by atoms with Crippen molar-refractivity contribution >= 4 is 23.1 Å². The lowest BCUT2D eigenvalue weighted by molar-refractivity contribution is -0.155. The molecule has 2 unspecified atom stereocenters. The smallest absolute Gasteiger partial charge is 0.192 e. The van der Waals surface area contributed by atoms with Crippen molar-refractivity contribution in [2.24, 2.45) is 29.6 Å². The predicted octanol–water partition coefficient (Wildman–Crippen LogP) is 2.77. The summed E-state index contributed by atoms with van der Waals surface area (Å²) < 4.78 is 0. The van der Waals surface area contributed by atoms with E-state index in [4.69, 9.17) is 0 Å². The maximum atomic E-state index is 12.8. The molecule has 0 amide bonds. The van der Waals surface area contributed by atoms with Crippen molar-refractivity contribution in [3.63, 3.8) is 0 Å². The van der Waals surface area contributed by atoms with Crippen LogP contribution in [-0.2, 0) is 19.2 Å². The normalized spacial score (nSPS) is 27.0. The Labute approximate surface area is 150 Å². The molecule has 25 heavy (non-hydrogen) atoms. The highest BCUT2D eigenvalue weighted by atomic mass is 16.3. The molecule has 1 N–H and O–H groups in total. The molecule has 5 heteroatoms. The van der Waals surface area contributed by atoms with Gasteiger partial charge in [-0.05, 0) is 24.7 Å². The summed E-state index contributed by atoms with van der Waals surface area (Å²) in [5.74, 6) is -5.20. The summed E-state index contributed by atoms with van der Waals surface area (Å²) in [7, 11) is 0. The van der Waals surface area contributed by atoms with Gasteiger partial charge in [-0.3, -0.25) is 19.2 Å². The molecule has 1 rings (SSSR count). The third-order valence-corrected chi connectivity index (χ3v) is 5.03. The van der Waals surface area contributed by atoms with Gasteiger partial charge in [0.1, 0.15) is 5.92 Å². The Morgan fingerprint density at radius 3 is 1.96 bits per heavy atom. The monoisotopic (exact) mass is 352 g/mol. The Kier molecular flexibility index (Phi) is 7.24. The van der Waals surface area contributed by atoms with Crippen molar-refractivity contribution in [3.8, 4) is 0 Å². The number of hydrogen-bond donors (Lipinski definition) is 1. The summed E-state index contributed by atoms with van der Waals surface area (Å²) in [6.07, 6.45) is 1.41. The van der Waals surface area contributed by atoms with E-state index in [1.54, 1.807) is 13.8 Å². The minimum Gasteiger partial charge on any atom is -0.374 e. The van der Waals surface area contributed by atoms with E-state index < -0.39 is 46.5 Å². The van der Waals surface area contributed by atoms with E-state index in [0.29, 0.717) is 12.8 Å². The highest BCUT2D eigenvalue weighted by Gasteiger charge is 2.64. The first-order valence-corrected chi connectivity index (χ1v) is 9.31. The van der Waals surface area contributed by atoms with Crippen LogP contribution in [0.2, 0.25) is 0 Å². The Morgan fingerprint density at radius 1 is 1.00 bits per heavy atom. The minimum absolute atomic E-state index is 0.0357. The van der Waals surface area contributed by atoms with Crippen molar-refractivity contribution in [2.45, 2.75) is 72.8 Å². The zero-order valence-electron chi connectivity index (χ0n) is 16.3. The van der Waals surface area contributed by atoms with E-state index in [0.717, 1.165) is 0 Å². The second-order valence-corrected chi connectivity index (χ2v) is 8.40. The third-order valence-electron chi connectivity index (χ3n) is 5.03. The van der Waals surface area contributed by atoms with Crippen LogP contribution in [0, 0.1) is 29.6 Å². The lowest BCUT2D eigenvalue weighted by Crippen LogP contribution is -2.50. The van der Waals surface area contributed by atoms with Gasteiger partial charge < -0.3 is 5.11 Å². The summed E-state index contributed by atoms with van der Waals surface area (Å²) in [6.45, 7) is 11.1. The standard InChI is InChI=1S/C20H32O5/c1-11(2)7-9-14-18(23)16(17(22)13(5)6)19(24)20(14,25)15(21)10-8-12(3)4/h11-14,16,25H,7-10H2,1-6H3/t14-,16?,20?/m1/s1. The van der Waals surface area contributed by atoms with E-state index in [1.165, 1.54) is 0 Å². The zero-order chi connectivity index (χ0) is 19.5. The van der Waals surface area contributed by atoms with E-state index in [-0.39, 0.29) is 24.7 Å². The molecule has 142 valence electrons. The average molecular weight is 352 g/mol. The fourth-order valence-electron chi connectivity index (χ4n) is 3.32. The predicted molar refractivity (Wildman–Crippen MR) is 94.9 cm³/mol. The van der Waals surface area contributed by atoms with Crippen LogP contribution in [-0.4, -0.2) is 33.8 Å². The first-order chi connectivity index (χ1) is 11.4. The van der Waals surface area contributed by atoms with Gasteiger partial charge in [0.15, 0.2) is 28.7 Å². The first kappa shape index (κ1) is 21.7. The lowest BCUT2D eigenvalue weighted by Gasteiger charge is -2.26. The molecule has 0 aromatic heterocycles. The number of hydrogen-bond acceptors (Lipinski definition) is 5. The number of aliphatic hydroxyl groups is 1. The molecule has 0 aliphatic heterocycles. The maximum Gasteiger partial charge on any atom is 0.192 e. The summed E-state index contributed by atoms with van der Waals surface area (Å²) in [5.41, 5.74) is -2.34. The molecule has 0 heterocycles. The molecular formula is C20H32O5. The molecule has 1 fully saturated rings. The molecular weight excluding hydrogens is 320 g/mol. The van der Waals surface area contributed by atoms with E-state index >= 15 is 0 Å². The molecule has 0 aromatic carbocycles. The topological polar surface area (TPSA) is 88.5 Å². The number of carbonyl (C=O) groups is 4. The average Bonchev–Trinajstić information content (AvgIpc) is 2.69. The third kappa shape index (κ3) is 4.43. The van der Waals surface area contributed by atoms with Crippen molar-refractivity contribution in [3.05, 3.63) is 0 Å². The number of carbonyl (C=O) groups excluding carboxylic acids is 4. The van der Waals surface area contributed by atoms with E-state index in [2.05, 4.69) is 0 Å².